The molecule has 0 bridgehead atoms. The van der Waals surface area contributed by atoms with Crippen LogP contribution in [0.2, 0.25) is 0 Å². The SMILES string of the molecule is C=CCNC(C#N)c1ccc2c(c1)OCCCO2. The van der Waals surface area contributed by atoms with Gasteiger partial charge in [-0.05, 0) is 17.7 Å². The molecule has 1 heterocycles. The van der Waals surface area contributed by atoms with Crippen LogP contribution >= 0.6 is 0 Å². The number of benzene rings is 1. The molecule has 1 aliphatic rings. The maximum Gasteiger partial charge on any atom is 0.161 e. The maximum atomic E-state index is 9.15. The van der Waals surface area contributed by atoms with Crippen LogP contribution in [0.1, 0.15) is 18.0 Å². The minimum atomic E-state index is -0.361. The van der Waals surface area contributed by atoms with Gasteiger partial charge in [0.2, 0.25) is 0 Å². The lowest BCUT2D eigenvalue weighted by atomic mass is 10.1. The van der Waals surface area contributed by atoms with Crippen LogP contribution in [0, 0.1) is 11.3 Å². The molecule has 0 amide bonds. The summed E-state index contributed by atoms with van der Waals surface area (Å²) in [5, 5.41) is 12.2. The fraction of sp³-hybridized carbons (Fsp3) is 0.357. The first-order valence-corrected chi connectivity index (χ1v) is 5.98. The summed E-state index contributed by atoms with van der Waals surface area (Å²) in [7, 11) is 0. The Bertz CT molecular complexity index is 465. The minimum absolute atomic E-state index is 0.361. The molecular formula is C14H16N2O2. The zero-order valence-corrected chi connectivity index (χ0v) is 10.2. The molecule has 0 saturated carbocycles. The van der Waals surface area contributed by atoms with E-state index in [1.165, 1.54) is 0 Å². The van der Waals surface area contributed by atoms with Gasteiger partial charge in [0.15, 0.2) is 11.5 Å². The van der Waals surface area contributed by atoms with E-state index < -0.39 is 0 Å². The molecule has 1 atom stereocenters. The molecule has 1 aromatic carbocycles. The van der Waals surface area contributed by atoms with E-state index in [2.05, 4.69) is 18.0 Å². The topological polar surface area (TPSA) is 54.3 Å². The van der Waals surface area contributed by atoms with Crippen LogP contribution in [0.25, 0.3) is 0 Å². The summed E-state index contributed by atoms with van der Waals surface area (Å²) in [4.78, 5) is 0. The molecule has 18 heavy (non-hydrogen) atoms. The minimum Gasteiger partial charge on any atom is -0.490 e. The molecule has 0 fully saturated rings. The number of nitriles is 1. The Balaban J connectivity index is 2.21. The second-order valence-corrected chi connectivity index (χ2v) is 4.02. The van der Waals surface area contributed by atoms with E-state index in [9.17, 15) is 0 Å². The molecule has 1 aliphatic heterocycles. The van der Waals surface area contributed by atoms with Gasteiger partial charge in [-0.3, -0.25) is 5.32 Å². The molecule has 0 radical (unpaired) electrons. The molecule has 94 valence electrons. The molecule has 0 aromatic heterocycles. The highest BCUT2D eigenvalue weighted by atomic mass is 16.5. The van der Waals surface area contributed by atoms with E-state index in [4.69, 9.17) is 14.7 Å². The molecule has 1 N–H and O–H groups in total. The van der Waals surface area contributed by atoms with Gasteiger partial charge in [-0.1, -0.05) is 12.1 Å². The summed E-state index contributed by atoms with van der Waals surface area (Å²) < 4.78 is 11.2. The lowest BCUT2D eigenvalue weighted by molar-refractivity contribution is 0.297. The Morgan fingerprint density at radius 2 is 2.17 bits per heavy atom. The van der Waals surface area contributed by atoms with Crippen LogP contribution < -0.4 is 14.8 Å². The summed E-state index contributed by atoms with van der Waals surface area (Å²) in [6.45, 7) is 5.53. The average Bonchev–Trinajstić information content (AvgIpc) is 2.64. The van der Waals surface area contributed by atoms with Gasteiger partial charge < -0.3 is 9.47 Å². The number of hydrogen-bond acceptors (Lipinski definition) is 4. The van der Waals surface area contributed by atoms with Gasteiger partial charge >= 0.3 is 0 Å². The molecule has 0 aliphatic carbocycles. The summed E-state index contributed by atoms with van der Waals surface area (Å²) >= 11 is 0. The molecule has 4 heteroatoms. The summed E-state index contributed by atoms with van der Waals surface area (Å²) in [5.41, 5.74) is 0.878. The first-order valence-electron chi connectivity index (χ1n) is 5.98. The van der Waals surface area contributed by atoms with Gasteiger partial charge in [-0.25, -0.2) is 0 Å². The molecule has 0 spiro atoms. The van der Waals surface area contributed by atoms with Crippen LogP contribution in [0.4, 0.5) is 0 Å². The predicted octanol–water partition coefficient (Wildman–Crippen LogP) is 2.19. The van der Waals surface area contributed by atoms with Crippen LogP contribution in [0.3, 0.4) is 0 Å². The Labute approximate surface area is 107 Å². The van der Waals surface area contributed by atoms with Crippen molar-refractivity contribution in [3.8, 4) is 17.6 Å². The summed E-state index contributed by atoms with van der Waals surface area (Å²) in [5.74, 6) is 1.46. The second kappa shape index (κ2) is 6.08. The second-order valence-electron chi connectivity index (χ2n) is 4.02. The normalized spacial score (nSPS) is 15.3. The molecule has 1 unspecified atom stereocenters. The number of nitrogens with one attached hydrogen (secondary N) is 1. The third-order valence-corrected chi connectivity index (χ3v) is 2.70. The number of fused-ring (bicyclic) bond motifs is 1. The first kappa shape index (κ1) is 12.5. The molecular weight excluding hydrogens is 228 g/mol. The van der Waals surface area contributed by atoms with Crippen molar-refractivity contribution in [2.75, 3.05) is 19.8 Å². The van der Waals surface area contributed by atoms with Crippen molar-refractivity contribution in [1.82, 2.24) is 5.32 Å². The predicted molar refractivity (Wildman–Crippen MR) is 68.6 cm³/mol. The number of ether oxygens (including phenoxy) is 2. The standard InChI is InChI=1S/C14H16N2O2/c1-2-6-16-12(10-15)11-4-5-13-14(9-11)18-8-3-7-17-13/h2,4-5,9,12,16H,1,3,6-8H2. The van der Waals surface area contributed by atoms with Crippen molar-refractivity contribution in [3.63, 3.8) is 0 Å². The van der Waals surface area contributed by atoms with Crippen LogP contribution in [-0.2, 0) is 0 Å². The third kappa shape index (κ3) is 2.82. The van der Waals surface area contributed by atoms with Crippen molar-refractivity contribution in [3.05, 3.63) is 36.4 Å². The van der Waals surface area contributed by atoms with Gasteiger partial charge in [0.1, 0.15) is 6.04 Å². The van der Waals surface area contributed by atoms with Crippen molar-refractivity contribution < 1.29 is 9.47 Å². The summed E-state index contributed by atoms with van der Waals surface area (Å²) in [6, 6.07) is 7.47. The van der Waals surface area contributed by atoms with E-state index >= 15 is 0 Å². The van der Waals surface area contributed by atoms with Gasteiger partial charge in [-0.15, -0.1) is 6.58 Å². The zero-order chi connectivity index (χ0) is 12.8. The third-order valence-electron chi connectivity index (χ3n) is 2.70. The van der Waals surface area contributed by atoms with Crippen molar-refractivity contribution in [1.29, 1.82) is 5.26 Å². The lowest BCUT2D eigenvalue weighted by Gasteiger charge is -2.13. The highest BCUT2D eigenvalue weighted by Crippen LogP contribution is 2.32. The van der Waals surface area contributed by atoms with Gasteiger partial charge in [0, 0.05) is 13.0 Å². The fourth-order valence-electron chi connectivity index (χ4n) is 1.80. The van der Waals surface area contributed by atoms with Gasteiger partial charge in [-0.2, -0.15) is 5.26 Å². The van der Waals surface area contributed by atoms with E-state index in [0.29, 0.717) is 25.5 Å². The highest BCUT2D eigenvalue weighted by molar-refractivity contribution is 5.45. The highest BCUT2D eigenvalue weighted by Gasteiger charge is 2.15. The Hall–Kier alpha value is -1.99. The maximum absolute atomic E-state index is 9.15. The first-order chi connectivity index (χ1) is 8.85. The number of hydrogen-bond donors (Lipinski definition) is 1. The molecule has 0 saturated heterocycles. The van der Waals surface area contributed by atoms with Crippen molar-refractivity contribution in [2.45, 2.75) is 12.5 Å². The smallest absolute Gasteiger partial charge is 0.161 e. The Morgan fingerprint density at radius 1 is 1.39 bits per heavy atom. The van der Waals surface area contributed by atoms with E-state index in [1.54, 1.807) is 6.08 Å². The summed E-state index contributed by atoms with van der Waals surface area (Å²) in [6.07, 6.45) is 2.60. The Kier molecular flexibility index (Phi) is 4.21. The number of nitrogens with zero attached hydrogens (tertiary/aromatic N) is 1. The molecule has 2 rings (SSSR count). The number of rotatable bonds is 4. The largest absolute Gasteiger partial charge is 0.490 e. The van der Waals surface area contributed by atoms with Crippen molar-refractivity contribution in [2.24, 2.45) is 0 Å². The quantitative estimate of drug-likeness (QED) is 0.825. The van der Waals surface area contributed by atoms with Gasteiger partial charge in [0.25, 0.3) is 0 Å². The zero-order valence-electron chi connectivity index (χ0n) is 10.2. The van der Waals surface area contributed by atoms with Crippen LogP contribution in [0.15, 0.2) is 30.9 Å². The monoisotopic (exact) mass is 244 g/mol. The van der Waals surface area contributed by atoms with E-state index in [-0.39, 0.29) is 6.04 Å². The van der Waals surface area contributed by atoms with E-state index in [1.807, 2.05) is 18.2 Å². The fourth-order valence-corrected chi connectivity index (χ4v) is 1.80. The molecule has 1 aromatic rings. The lowest BCUT2D eigenvalue weighted by Crippen LogP contribution is -2.19. The van der Waals surface area contributed by atoms with E-state index in [0.717, 1.165) is 17.7 Å². The Morgan fingerprint density at radius 3 is 2.89 bits per heavy atom. The van der Waals surface area contributed by atoms with Gasteiger partial charge in [0.05, 0.1) is 19.3 Å². The van der Waals surface area contributed by atoms with Crippen LogP contribution in [-0.4, -0.2) is 19.8 Å². The van der Waals surface area contributed by atoms with Crippen LogP contribution in [0.5, 0.6) is 11.5 Å². The molecule has 4 nitrogen and oxygen atoms in total. The average molecular weight is 244 g/mol. The van der Waals surface area contributed by atoms with Crippen molar-refractivity contribution >= 4 is 0 Å².